The monoisotopic (exact) mass is 394 g/mol. The van der Waals surface area contributed by atoms with Crippen LogP contribution in [0.1, 0.15) is 22.8 Å². The van der Waals surface area contributed by atoms with Crippen LogP contribution in [-0.4, -0.2) is 28.7 Å². The molecule has 0 fully saturated rings. The van der Waals surface area contributed by atoms with Gasteiger partial charge in [0.25, 0.3) is 0 Å². The number of nitrogens with one attached hydrogen (secondary N) is 2. The number of hydrogen-bond acceptors (Lipinski definition) is 6. The number of nitrogens with zero attached hydrogens (tertiary/aromatic N) is 2. The molecule has 1 amide bonds. The molecule has 8 heteroatoms. The number of amides is 1. The number of halogens is 1. The quantitative estimate of drug-likeness (QED) is 0.594. The second-order valence-electron chi connectivity index (χ2n) is 6.08. The largest absolute Gasteiger partial charge is 0.462 e. The third kappa shape index (κ3) is 5.83. The molecule has 0 saturated heterocycles. The minimum Gasteiger partial charge on any atom is -0.462 e. The molecule has 29 heavy (non-hydrogen) atoms. The van der Waals surface area contributed by atoms with Crippen molar-refractivity contribution in [2.24, 2.45) is 0 Å². The van der Waals surface area contributed by atoms with E-state index in [4.69, 9.17) is 4.74 Å². The van der Waals surface area contributed by atoms with Gasteiger partial charge in [0.15, 0.2) is 11.6 Å². The number of anilines is 3. The average Bonchev–Trinajstić information content (AvgIpc) is 2.70. The molecule has 1 aromatic heterocycles. The molecule has 3 rings (SSSR count). The van der Waals surface area contributed by atoms with Crippen molar-refractivity contribution in [2.45, 2.75) is 13.3 Å². The van der Waals surface area contributed by atoms with Crippen molar-refractivity contribution in [1.29, 1.82) is 0 Å². The third-order valence-corrected chi connectivity index (χ3v) is 3.85. The van der Waals surface area contributed by atoms with Gasteiger partial charge in [0.05, 0.1) is 18.6 Å². The first-order valence-corrected chi connectivity index (χ1v) is 8.95. The molecule has 0 atom stereocenters. The van der Waals surface area contributed by atoms with Gasteiger partial charge in [-0.25, -0.2) is 9.18 Å². The second kappa shape index (κ2) is 9.41. The van der Waals surface area contributed by atoms with Crippen molar-refractivity contribution in [3.63, 3.8) is 0 Å². The summed E-state index contributed by atoms with van der Waals surface area (Å²) in [5.41, 5.74) is 1.75. The van der Waals surface area contributed by atoms with Gasteiger partial charge < -0.3 is 15.4 Å². The van der Waals surface area contributed by atoms with Crippen molar-refractivity contribution < 1.29 is 18.7 Å². The van der Waals surface area contributed by atoms with Crippen molar-refractivity contribution in [3.8, 4) is 0 Å². The van der Waals surface area contributed by atoms with E-state index >= 15 is 0 Å². The number of benzene rings is 2. The lowest BCUT2D eigenvalue weighted by Crippen LogP contribution is -2.15. The van der Waals surface area contributed by atoms with Crippen molar-refractivity contribution >= 4 is 29.2 Å². The summed E-state index contributed by atoms with van der Waals surface area (Å²) in [6, 6.07) is 15.9. The average molecular weight is 394 g/mol. The lowest BCUT2D eigenvalue weighted by Gasteiger charge is -2.08. The first-order chi connectivity index (χ1) is 14.0. The number of ether oxygens (including phenoxy) is 1. The zero-order valence-electron chi connectivity index (χ0n) is 15.7. The summed E-state index contributed by atoms with van der Waals surface area (Å²) < 4.78 is 18.1. The van der Waals surface area contributed by atoms with Crippen LogP contribution in [0.5, 0.6) is 0 Å². The van der Waals surface area contributed by atoms with Crippen LogP contribution in [-0.2, 0) is 16.0 Å². The topological polar surface area (TPSA) is 93.2 Å². The molecule has 7 nitrogen and oxygen atoms in total. The molecule has 0 radical (unpaired) electrons. The van der Waals surface area contributed by atoms with Crippen molar-refractivity contribution in [3.05, 3.63) is 77.6 Å². The number of carbonyl (C=O) groups excluding carboxylic acids is 2. The Morgan fingerprint density at radius 1 is 1.00 bits per heavy atom. The Labute approximate surface area is 166 Å². The first kappa shape index (κ1) is 19.9. The summed E-state index contributed by atoms with van der Waals surface area (Å²) in [5, 5.41) is 13.6. The van der Waals surface area contributed by atoms with Crippen LogP contribution >= 0.6 is 0 Å². The molecule has 148 valence electrons. The number of hydrogen-bond donors (Lipinski definition) is 2. The molecular weight excluding hydrogens is 375 g/mol. The molecule has 3 aromatic rings. The molecular formula is C21H19FN4O3. The normalized spacial score (nSPS) is 10.3. The van der Waals surface area contributed by atoms with E-state index in [0.29, 0.717) is 23.6 Å². The maximum absolute atomic E-state index is 13.2. The molecule has 0 unspecified atom stereocenters. The fourth-order valence-corrected chi connectivity index (χ4v) is 2.54. The van der Waals surface area contributed by atoms with E-state index in [2.05, 4.69) is 20.8 Å². The Hall–Kier alpha value is -3.81. The number of aromatic nitrogens is 2. The zero-order valence-corrected chi connectivity index (χ0v) is 15.7. The smallest absolute Gasteiger partial charge is 0.338 e. The minimum absolute atomic E-state index is 0.0340. The van der Waals surface area contributed by atoms with E-state index in [1.807, 2.05) is 0 Å². The van der Waals surface area contributed by atoms with Crippen LogP contribution in [0.25, 0.3) is 0 Å². The fraction of sp³-hybridized carbons (Fsp3) is 0.143. The Balaban J connectivity index is 1.56. The lowest BCUT2D eigenvalue weighted by atomic mass is 10.1. The van der Waals surface area contributed by atoms with E-state index in [-0.39, 0.29) is 29.9 Å². The molecule has 0 aliphatic rings. The Kier molecular flexibility index (Phi) is 6.47. The fourth-order valence-electron chi connectivity index (χ4n) is 2.54. The van der Waals surface area contributed by atoms with Gasteiger partial charge in [-0.15, -0.1) is 10.2 Å². The molecule has 2 N–H and O–H groups in total. The van der Waals surface area contributed by atoms with Crippen LogP contribution in [0.4, 0.5) is 21.7 Å². The zero-order chi connectivity index (χ0) is 20.6. The molecule has 0 bridgehead atoms. The van der Waals surface area contributed by atoms with Gasteiger partial charge in [0.1, 0.15) is 5.82 Å². The molecule has 0 spiro atoms. The van der Waals surface area contributed by atoms with Crippen LogP contribution in [0, 0.1) is 5.82 Å². The highest BCUT2D eigenvalue weighted by atomic mass is 19.1. The number of rotatable bonds is 7. The summed E-state index contributed by atoms with van der Waals surface area (Å²) in [6.45, 7) is 2.07. The van der Waals surface area contributed by atoms with Gasteiger partial charge in [-0.1, -0.05) is 12.1 Å². The van der Waals surface area contributed by atoms with Crippen LogP contribution in [0.3, 0.4) is 0 Å². The van der Waals surface area contributed by atoms with Gasteiger partial charge in [0, 0.05) is 5.69 Å². The third-order valence-electron chi connectivity index (χ3n) is 3.85. The Bertz CT molecular complexity index is 992. The van der Waals surface area contributed by atoms with Gasteiger partial charge in [-0.3, -0.25) is 4.79 Å². The minimum atomic E-state index is -0.388. The number of carbonyl (C=O) groups is 2. The maximum atomic E-state index is 13.2. The van der Waals surface area contributed by atoms with E-state index in [9.17, 15) is 14.0 Å². The standard InChI is InChI=1S/C21H19FN4O3/c1-2-29-21(28)15-6-8-17(9-7-15)23-18-10-11-19(26-25-18)24-20(27)13-14-4-3-5-16(22)12-14/h3-12H,2,13H2,1H3,(H,23,25)(H,24,26,27). The predicted molar refractivity (Wildman–Crippen MR) is 106 cm³/mol. The molecule has 2 aromatic carbocycles. The van der Waals surface area contributed by atoms with Crippen molar-refractivity contribution in [2.75, 3.05) is 17.2 Å². The summed E-state index contributed by atoms with van der Waals surface area (Å²) in [7, 11) is 0. The van der Waals surface area contributed by atoms with Crippen molar-refractivity contribution in [1.82, 2.24) is 10.2 Å². The molecule has 1 heterocycles. The predicted octanol–water partition coefficient (Wildman–Crippen LogP) is 3.72. The van der Waals surface area contributed by atoms with E-state index < -0.39 is 0 Å². The van der Waals surface area contributed by atoms with E-state index in [1.54, 1.807) is 55.5 Å². The summed E-state index contributed by atoms with van der Waals surface area (Å²) in [5.74, 6) is -0.329. The van der Waals surface area contributed by atoms with Gasteiger partial charge in [0.2, 0.25) is 5.91 Å². The highest BCUT2D eigenvalue weighted by molar-refractivity contribution is 5.91. The maximum Gasteiger partial charge on any atom is 0.338 e. The first-order valence-electron chi connectivity index (χ1n) is 8.95. The number of esters is 1. The summed E-state index contributed by atoms with van der Waals surface area (Å²) in [6.07, 6.45) is 0.0340. The van der Waals surface area contributed by atoms with Gasteiger partial charge in [-0.2, -0.15) is 0 Å². The van der Waals surface area contributed by atoms with Gasteiger partial charge in [-0.05, 0) is 61.0 Å². The van der Waals surface area contributed by atoms with E-state index in [1.165, 1.54) is 12.1 Å². The molecule has 0 saturated carbocycles. The molecule has 0 aliphatic heterocycles. The SMILES string of the molecule is CCOC(=O)c1ccc(Nc2ccc(NC(=O)Cc3cccc(F)c3)nn2)cc1. The van der Waals surface area contributed by atoms with E-state index in [0.717, 1.165) is 5.69 Å². The Morgan fingerprint density at radius 3 is 2.38 bits per heavy atom. The highest BCUT2D eigenvalue weighted by Crippen LogP contribution is 2.16. The second-order valence-corrected chi connectivity index (χ2v) is 6.08. The van der Waals surface area contributed by atoms with Crippen LogP contribution in [0.2, 0.25) is 0 Å². The summed E-state index contributed by atoms with van der Waals surface area (Å²) >= 11 is 0. The highest BCUT2D eigenvalue weighted by Gasteiger charge is 2.08. The van der Waals surface area contributed by atoms with Gasteiger partial charge >= 0.3 is 5.97 Å². The van der Waals surface area contributed by atoms with Crippen LogP contribution in [0.15, 0.2) is 60.7 Å². The summed E-state index contributed by atoms with van der Waals surface area (Å²) in [4.78, 5) is 23.7. The van der Waals surface area contributed by atoms with Crippen LogP contribution < -0.4 is 10.6 Å². The molecule has 0 aliphatic carbocycles. The lowest BCUT2D eigenvalue weighted by molar-refractivity contribution is -0.115. The Morgan fingerprint density at radius 2 is 1.72 bits per heavy atom.